The van der Waals surface area contributed by atoms with Gasteiger partial charge in [-0.3, -0.25) is 10.00 Å². The topological polar surface area (TPSA) is 131 Å². The van der Waals surface area contributed by atoms with Crippen LogP contribution >= 0.6 is 0 Å². The van der Waals surface area contributed by atoms with Gasteiger partial charge in [0.1, 0.15) is 22.4 Å². The maximum atomic E-state index is 17.2. The number of benzene rings is 1. The molecule has 8 rings (SSSR count). The molecule has 3 aliphatic heterocycles. The van der Waals surface area contributed by atoms with E-state index in [1.807, 2.05) is 24.8 Å². The number of methoxy groups -OCH3 is 1. The summed E-state index contributed by atoms with van der Waals surface area (Å²) in [6.45, 7) is 8.42. The van der Waals surface area contributed by atoms with Crippen LogP contribution in [0.3, 0.4) is 0 Å². The Kier molecular flexibility index (Phi) is 8.79. The van der Waals surface area contributed by atoms with E-state index in [-0.39, 0.29) is 41.7 Å². The molecule has 0 amide bonds. The largest absolute Gasteiger partial charge is 0.480 e. The van der Waals surface area contributed by atoms with Crippen LogP contribution in [0.5, 0.6) is 11.9 Å². The Morgan fingerprint density at radius 1 is 1.06 bits per heavy atom. The van der Waals surface area contributed by atoms with Gasteiger partial charge in [0.25, 0.3) is 0 Å². The Bertz CT molecular complexity index is 1850. The molecule has 0 radical (unpaired) electrons. The molecule has 49 heavy (non-hydrogen) atoms. The Morgan fingerprint density at radius 3 is 2.73 bits per heavy atom. The fraction of sp³-hybridized carbons (Fsp3) is 0.611. The third-order valence-corrected chi connectivity index (χ3v) is 11.5. The quantitative estimate of drug-likeness (QED) is 0.282. The number of anilines is 1. The van der Waals surface area contributed by atoms with Gasteiger partial charge in [0.2, 0.25) is 5.88 Å². The molecule has 13 heteroatoms. The van der Waals surface area contributed by atoms with Crippen molar-refractivity contribution in [2.45, 2.75) is 77.0 Å². The summed E-state index contributed by atoms with van der Waals surface area (Å²) >= 11 is 0. The van der Waals surface area contributed by atoms with Crippen LogP contribution in [-0.4, -0.2) is 113 Å². The van der Waals surface area contributed by atoms with Crippen molar-refractivity contribution in [2.75, 3.05) is 64.7 Å². The van der Waals surface area contributed by atoms with Crippen molar-refractivity contribution in [1.29, 1.82) is 0 Å². The molecule has 4 aliphatic rings. The molecule has 12 nitrogen and oxygen atoms in total. The van der Waals surface area contributed by atoms with Crippen molar-refractivity contribution in [3.8, 4) is 23.1 Å². The van der Waals surface area contributed by atoms with E-state index in [0.717, 1.165) is 86.7 Å². The number of pyridine rings is 1. The second-order valence-corrected chi connectivity index (χ2v) is 14.3. The second-order valence-electron chi connectivity index (χ2n) is 14.3. The minimum atomic E-state index is -0.749. The zero-order chi connectivity index (χ0) is 33.7. The van der Waals surface area contributed by atoms with Crippen LogP contribution in [0.15, 0.2) is 12.3 Å². The molecule has 1 aliphatic carbocycles. The summed E-state index contributed by atoms with van der Waals surface area (Å²) in [5, 5.41) is 19.0. The number of aliphatic hydroxyl groups is 1. The molecule has 262 valence electrons. The Hall–Kier alpha value is -3.65. The number of aromatic nitrogens is 5. The van der Waals surface area contributed by atoms with Crippen molar-refractivity contribution in [3.05, 3.63) is 29.2 Å². The number of aliphatic hydroxyl groups excluding tert-OH is 1. The predicted molar refractivity (Wildman–Crippen MR) is 183 cm³/mol. The zero-order valence-corrected chi connectivity index (χ0v) is 28.6. The van der Waals surface area contributed by atoms with Gasteiger partial charge in [-0.2, -0.15) is 15.1 Å². The van der Waals surface area contributed by atoms with Crippen LogP contribution < -0.4 is 14.4 Å². The number of fused-ring (bicyclic) bond motifs is 3. The maximum absolute atomic E-state index is 17.2. The van der Waals surface area contributed by atoms with E-state index in [1.165, 1.54) is 7.11 Å². The van der Waals surface area contributed by atoms with Crippen molar-refractivity contribution in [1.82, 2.24) is 30.0 Å². The molecule has 0 bridgehead atoms. The van der Waals surface area contributed by atoms with E-state index in [1.54, 1.807) is 6.20 Å². The van der Waals surface area contributed by atoms with Crippen molar-refractivity contribution in [2.24, 2.45) is 5.41 Å². The minimum Gasteiger partial charge on any atom is -0.480 e. The van der Waals surface area contributed by atoms with Crippen LogP contribution in [0.4, 0.5) is 10.2 Å². The number of aromatic amines is 1. The van der Waals surface area contributed by atoms with Crippen molar-refractivity contribution in [3.63, 3.8) is 0 Å². The summed E-state index contributed by atoms with van der Waals surface area (Å²) in [6, 6.07) is 3.07. The fourth-order valence-corrected chi connectivity index (χ4v) is 8.93. The molecule has 6 heterocycles. The average molecular weight is 676 g/mol. The lowest BCUT2D eigenvalue weighted by molar-refractivity contribution is -0.0511. The Labute approximate surface area is 285 Å². The van der Waals surface area contributed by atoms with E-state index in [9.17, 15) is 5.11 Å². The molecule has 3 atom stereocenters. The van der Waals surface area contributed by atoms with Crippen LogP contribution in [0.25, 0.3) is 33.1 Å². The number of aryl methyl sites for hydroxylation is 1. The molecule has 4 fully saturated rings. The summed E-state index contributed by atoms with van der Waals surface area (Å²) in [7, 11) is 1.52. The third kappa shape index (κ3) is 5.78. The van der Waals surface area contributed by atoms with E-state index in [4.69, 9.17) is 33.9 Å². The summed E-state index contributed by atoms with van der Waals surface area (Å²) in [5.41, 5.74) is 3.45. The summed E-state index contributed by atoms with van der Waals surface area (Å²) in [6.07, 6.45) is 8.66. The van der Waals surface area contributed by atoms with Gasteiger partial charge in [0.05, 0.1) is 44.7 Å². The summed E-state index contributed by atoms with van der Waals surface area (Å²) in [5.74, 6) is 0.00750. The number of H-pyrrole nitrogens is 1. The number of piperidine rings is 1. The van der Waals surface area contributed by atoms with Gasteiger partial charge in [-0.05, 0) is 76.1 Å². The first-order chi connectivity index (χ1) is 23.9. The zero-order valence-electron chi connectivity index (χ0n) is 28.6. The Morgan fingerprint density at radius 2 is 1.90 bits per heavy atom. The fourth-order valence-electron chi connectivity index (χ4n) is 8.93. The van der Waals surface area contributed by atoms with Gasteiger partial charge in [-0.15, -0.1) is 0 Å². The first kappa shape index (κ1) is 32.5. The van der Waals surface area contributed by atoms with Gasteiger partial charge >= 0.3 is 6.01 Å². The molecule has 3 aromatic heterocycles. The predicted octanol–water partition coefficient (Wildman–Crippen LogP) is 4.72. The molecule has 1 aromatic carbocycles. The molecule has 1 saturated carbocycles. The Balaban J connectivity index is 1.24. The maximum Gasteiger partial charge on any atom is 0.319 e. The molecular formula is C36H46FN7O5. The van der Waals surface area contributed by atoms with Crippen LogP contribution in [0, 0.1) is 25.1 Å². The first-order valence-corrected chi connectivity index (χ1v) is 17.7. The van der Waals surface area contributed by atoms with Gasteiger partial charge < -0.3 is 29.0 Å². The van der Waals surface area contributed by atoms with E-state index >= 15 is 4.39 Å². The first-order valence-electron chi connectivity index (χ1n) is 17.7. The van der Waals surface area contributed by atoms with E-state index < -0.39 is 11.9 Å². The number of halogens is 1. The number of hydrogen-bond acceptors (Lipinski definition) is 11. The summed E-state index contributed by atoms with van der Waals surface area (Å²) in [4.78, 5) is 19.1. The van der Waals surface area contributed by atoms with E-state index in [2.05, 4.69) is 15.1 Å². The lowest BCUT2D eigenvalue weighted by atomic mass is 9.74. The van der Waals surface area contributed by atoms with Crippen molar-refractivity contribution >= 4 is 27.6 Å². The summed E-state index contributed by atoms with van der Waals surface area (Å²) < 4.78 is 41.0. The second kappa shape index (κ2) is 13.2. The van der Waals surface area contributed by atoms with Gasteiger partial charge in [-0.1, -0.05) is 6.42 Å². The standard InChI is InChI=1S/C36H46FN7O5/c1-21-16-26-25(17-38-42-26)28(22(21)2)31-30(37)32-29(34(39-31)46-3)33(43-12-15-48-19-24(45)18-43)41-35(40-32)49-20-36-9-4-6-27(36)44(11-5-10-36)23-7-13-47-14-8-23/h16-17,23-24,27,45H,4-15,18-20H2,1-3H3,(H,38,42). The van der Waals surface area contributed by atoms with Gasteiger partial charge in [0, 0.05) is 54.8 Å². The number of β-amino-alcohol motifs (C(OH)–C–C–N with tert-alkyl or cyclic N) is 1. The smallest absolute Gasteiger partial charge is 0.319 e. The highest BCUT2D eigenvalue weighted by molar-refractivity contribution is 6.01. The molecule has 3 unspecified atom stereocenters. The molecular weight excluding hydrogens is 629 g/mol. The van der Waals surface area contributed by atoms with Gasteiger partial charge in [-0.25, -0.2) is 9.37 Å². The number of rotatable bonds is 7. The number of likely N-dealkylation sites (tertiary alicyclic amines) is 1. The van der Waals surface area contributed by atoms with Crippen LogP contribution in [0.2, 0.25) is 0 Å². The average Bonchev–Trinajstić information content (AvgIpc) is 3.71. The monoisotopic (exact) mass is 675 g/mol. The molecule has 3 saturated heterocycles. The van der Waals surface area contributed by atoms with Crippen LogP contribution in [0.1, 0.15) is 56.1 Å². The molecule has 4 aromatic rings. The SMILES string of the molecule is COc1nc(-c2c(C)c(C)cc3[nH]ncc23)c(F)c2nc(OCC34CCCC3N(C3CCOCC3)CCC4)nc(N3CCOCC(O)C3)c12. The number of nitrogens with one attached hydrogen (secondary N) is 1. The minimum absolute atomic E-state index is 0.0210. The number of hydrogen-bond donors (Lipinski definition) is 2. The highest BCUT2D eigenvalue weighted by Crippen LogP contribution is 2.49. The number of ether oxygens (including phenoxy) is 4. The lowest BCUT2D eigenvalue weighted by Gasteiger charge is -2.50. The molecule has 2 N–H and O–H groups in total. The van der Waals surface area contributed by atoms with E-state index in [0.29, 0.717) is 48.6 Å². The van der Waals surface area contributed by atoms with Gasteiger partial charge in [0.15, 0.2) is 5.82 Å². The molecule has 0 spiro atoms. The van der Waals surface area contributed by atoms with Crippen LogP contribution in [-0.2, 0) is 9.47 Å². The highest BCUT2D eigenvalue weighted by atomic mass is 19.1. The third-order valence-electron chi connectivity index (χ3n) is 11.5. The number of nitrogens with zero attached hydrogens (tertiary/aromatic N) is 6. The van der Waals surface area contributed by atoms with Crippen molar-refractivity contribution < 1.29 is 28.4 Å². The lowest BCUT2D eigenvalue weighted by Crippen LogP contribution is -2.56. The normalized spacial score (nSPS) is 25.5. The highest BCUT2D eigenvalue weighted by Gasteiger charge is 2.50.